The smallest absolute Gasteiger partial charge is 0.748 e. The van der Waals surface area contributed by atoms with Crippen molar-refractivity contribution >= 4 is 22.1 Å². The molecule has 6 nitrogen and oxygen atoms in total. The molecule has 0 aromatic rings. The Kier molecular flexibility index (Phi) is 4.12. The maximum Gasteiger partial charge on any atom is 1.00 e. The van der Waals surface area contributed by atoms with Gasteiger partial charge in [0.1, 0.15) is 0 Å². The van der Waals surface area contributed by atoms with Crippen molar-refractivity contribution in [2.75, 3.05) is 5.75 Å². The molecule has 1 atom stereocenters. The van der Waals surface area contributed by atoms with Gasteiger partial charge in [-0.15, -0.1) is 0 Å². The predicted molar refractivity (Wildman–Crippen MR) is 33.8 cm³/mol. The minimum Gasteiger partial charge on any atom is -0.748 e. The molecule has 1 aliphatic heterocycles. The van der Waals surface area contributed by atoms with E-state index >= 15 is 0 Å². The average Bonchev–Trinajstić information content (AvgIpc) is 2.06. The van der Waals surface area contributed by atoms with Crippen LogP contribution in [0.2, 0.25) is 0 Å². The molecule has 1 rings (SSSR count). The van der Waals surface area contributed by atoms with Gasteiger partial charge in [0.15, 0.2) is 0 Å². The minimum atomic E-state index is -4.47. The molecule has 0 aliphatic carbocycles. The van der Waals surface area contributed by atoms with E-state index in [0.29, 0.717) is 0 Å². The van der Waals surface area contributed by atoms with Crippen LogP contribution >= 0.6 is 0 Å². The van der Waals surface area contributed by atoms with Gasteiger partial charge in [0, 0.05) is 0 Å². The van der Waals surface area contributed by atoms with Crippen molar-refractivity contribution < 1.29 is 46.2 Å². The third kappa shape index (κ3) is 3.91. The Morgan fingerprint density at radius 2 is 2.00 bits per heavy atom. The molecular formula is C5H5LiO6S. The van der Waals surface area contributed by atoms with Crippen LogP contribution in [0.5, 0.6) is 0 Å². The van der Waals surface area contributed by atoms with Crippen molar-refractivity contribution in [2.24, 2.45) is 5.92 Å². The zero-order chi connectivity index (χ0) is 9.35. The van der Waals surface area contributed by atoms with Crippen LogP contribution in [0.25, 0.3) is 0 Å². The van der Waals surface area contributed by atoms with E-state index in [1.807, 2.05) is 0 Å². The van der Waals surface area contributed by atoms with E-state index in [-0.39, 0.29) is 25.3 Å². The molecule has 0 amide bonds. The number of carbonyl (C=O) groups excluding carboxylic acids is 2. The maximum atomic E-state index is 10.6. The van der Waals surface area contributed by atoms with Gasteiger partial charge in [-0.05, 0) is 0 Å². The summed E-state index contributed by atoms with van der Waals surface area (Å²) in [5, 5.41) is 0. The van der Waals surface area contributed by atoms with Crippen LogP contribution in [0.3, 0.4) is 0 Å². The number of hydrogen-bond donors (Lipinski definition) is 0. The fraction of sp³-hybridized carbons (Fsp3) is 0.600. The van der Waals surface area contributed by atoms with Crippen LogP contribution in [-0.2, 0) is 24.4 Å². The van der Waals surface area contributed by atoms with Gasteiger partial charge in [0.25, 0.3) is 0 Å². The molecule has 0 spiro atoms. The summed E-state index contributed by atoms with van der Waals surface area (Å²) in [7, 11) is -4.47. The fourth-order valence-electron chi connectivity index (χ4n) is 0.895. The average molecular weight is 200 g/mol. The molecule has 0 aromatic carbocycles. The summed E-state index contributed by atoms with van der Waals surface area (Å²) in [5.41, 5.74) is 0. The van der Waals surface area contributed by atoms with Gasteiger partial charge < -0.3 is 9.29 Å². The van der Waals surface area contributed by atoms with Crippen LogP contribution in [0.4, 0.5) is 0 Å². The van der Waals surface area contributed by atoms with Gasteiger partial charge in [-0.2, -0.15) is 0 Å². The summed E-state index contributed by atoms with van der Waals surface area (Å²) in [4.78, 5) is 21.0. The van der Waals surface area contributed by atoms with Gasteiger partial charge in [0.05, 0.1) is 28.2 Å². The van der Waals surface area contributed by atoms with Crippen LogP contribution < -0.4 is 18.9 Å². The second-order valence-corrected chi connectivity index (χ2v) is 3.87. The predicted octanol–water partition coefficient (Wildman–Crippen LogP) is -4.37. The summed E-state index contributed by atoms with van der Waals surface area (Å²) in [6, 6.07) is 0. The second kappa shape index (κ2) is 4.24. The molecule has 0 saturated carbocycles. The fourth-order valence-corrected chi connectivity index (χ4v) is 1.64. The third-order valence-electron chi connectivity index (χ3n) is 1.37. The van der Waals surface area contributed by atoms with Gasteiger partial charge >= 0.3 is 30.8 Å². The number of hydrogen-bond acceptors (Lipinski definition) is 6. The zero-order valence-electron chi connectivity index (χ0n) is 6.85. The van der Waals surface area contributed by atoms with Crippen LogP contribution in [0, 0.1) is 5.92 Å². The number of rotatable bonds is 2. The first-order chi connectivity index (χ1) is 5.38. The topological polar surface area (TPSA) is 101 Å². The summed E-state index contributed by atoms with van der Waals surface area (Å²) < 4.78 is 34.5. The quantitative estimate of drug-likeness (QED) is 0.193. The maximum absolute atomic E-state index is 10.6. The molecule has 0 aromatic heterocycles. The van der Waals surface area contributed by atoms with E-state index in [2.05, 4.69) is 4.74 Å². The first kappa shape index (κ1) is 12.6. The van der Waals surface area contributed by atoms with Crippen molar-refractivity contribution in [3.63, 3.8) is 0 Å². The summed E-state index contributed by atoms with van der Waals surface area (Å²) in [5.74, 6) is -3.69. The van der Waals surface area contributed by atoms with E-state index < -0.39 is 33.7 Å². The number of cyclic esters (lactones) is 2. The van der Waals surface area contributed by atoms with Gasteiger partial charge in [-0.25, -0.2) is 8.42 Å². The van der Waals surface area contributed by atoms with E-state index in [9.17, 15) is 22.6 Å². The number of carbonyl (C=O) groups is 2. The first-order valence-electron chi connectivity index (χ1n) is 3.06. The molecule has 13 heavy (non-hydrogen) atoms. The third-order valence-corrected chi connectivity index (χ3v) is 2.18. The summed E-state index contributed by atoms with van der Waals surface area (Å²) in [6.45, 7) is 0. The molecule has 0 radical (unpaired) electrons. The Bertz CT molecular complexity index is 320. The minimum absolute atomic E-state index is 0. The van der Waals surface area contributed by atoms with Gasteiger partial charge in [0.2, 0.25) is 0 Å². The van der Waals surface area contributed by atoms with E-state index in [4.69, 9.17) is 0 Å². The first-order valence-corrected chi connectivity index (χ1v) is 4.64. The van der Waals surface area contributed by atoms with Gasteiger partial charge in [-0.1, -0.05) is 0 Å². The van der Waals surface area contributed by atoms with Crippen molar-refractivity contribution in [1.29, 1.82) is 0 Å². The molecule has 0 N–H and O–H groups in total. The van der Waals surface area contributed by atoms with Crippen molar-refractivity contribution in [1.82, 2.24) is 0 Å². The SMILES string of the molecule is O=C1CC(CS(=O)(=O)[O-])C(=O)O1.[Li+]. The van der Waals surface area contributed by atoms with Crippen molar-refractivity contribution in [2.45, 2.75) is 6.42 Å². The zero-order valence-corrected chi connectivity index (χ0v) is 7.67. The molecule has 1 aliphatic rings. The normalized spacial score (nSPS) is 22.4. The van der Waals surface area contributed by atoms with E-state index in [1.165, 1.54) is 0 Å². The number of ether oxygens (including phenoxy) is 1. The van der Waals surface area contributed by atoms with Crippen molar-refractivity contribution in [3.8, 4) is 0 Å². The largest absolute Gasteiger partial charge is 1.00 e. The van der Waals surface area contributed by atoms with Crippen molar-refractivity contribution in [3.05, 3.63) is 0 Å². The standard InChI is InChI=1S/C5H6O6S.Li/c6-4-1-3(5(7)11-4)2-12(8,9)10;/h3H,1-2H2,(H,8,9,10);/q;+1/p-1. The Morgan fingerprint density at radius 3 is 2.31 bits per heavy atom. The molecule has 8 heteroatoms. The molecule has 1 saturated heterocycles. The Balaban J connectivity index is 0.00000144. The van der Waals surface area contributed by atoms with Crippen LogP contribution in [0.15, 0.2) is 0 Å². The molecule has 1 unspecified atom stereocenters. The molecule has 0 bridgehead atoms. The Labute approximate surface area is 86.6 Å². The molecular weight excluding hydrogens is 195 g/mol. The van der Waals surface area contributed by atoms with Crippen LogP contribution in [0.1, 0.15) is 6.42 Å². The summed E-state index contributed by atoms with van der Waals surface area (Å²) in [6.07, 6.45) is -0.319. The number of esters is 2. The molecule has 68 valence electrons. The van der Waals surface area contributed by atoms with E-state index in [0.717, 1.165) is 0 Å². The monoisotopic (exact) mass is 200 g/mol. The Morgan fingerprint density at radius 1 is 1.46 bits per heavy atom. The summed E-state index contributed by atoms with van der Waals surface area (Å²) >= 11 is 0. The Hall–Kier alpha value is -0.353. The van der Waals surface area contributed by atoms with E-state index in [1.54, 1.807) is 0 Å². The molecule has 1 fully saturated rings. The van der Waals surface area contributed by atoms with Crippen LogP contribution in [-0.4, -0.2) is 30.7 Å². The second-order valence-electron chi connectivity index (χ2n) is 2.42. The van der Waals surface area contributed by atoms with Gasteiger partial charge in [-0.3, -0.25) is 9.59 Å². The molecule has 1 heterocycles.